The Bertz CT molecular complexity index is 1190. The molecule has 1 fully saturated rings. The fourth-order valence-corrected chi connectivity index (χ4v) is 6.91. The Balaban J connectivity index is 1.73. The Morgan fingerprint density at radius 1 is 1.14 bits per heavy atom. The van der Waals surface area contributed by atoms with Gasteiger partial charge in [-0.15, -0.1) is 0 Å². The van der Waals surface area contributed by atoms with E-state index in [1.807, 2.05) is 25.2 Å². The molecule has 1 amide bonds. The van der Waals surface area contributed by atoms with Crippen LogP contribution in [0.15, 0.2) is 53.4 Å². The van der Waals surface area contributed by atoms with Crippen molar-refractivity contribution < 1.29 is 22.7 Å². The van der Waals surface area contributed by atoms with Gasteiger partial charge < -0.3 is 14.4 Å². The maximum absolute atomic E-state index is 13.1. The van der Waals surface area contributed by atoms with Gasteiger partial charge in [0, 0.05) is 31.9 Å². The highest BCUT2D eigenvalue weighted by molar-refractivity contribution is 7.90. The molecule has 0 spiro atoms. The minimum atomic E-state index is -3.27. The largest absolute Gasteiger partial charge is 0.508 e. The van der Waals surface area contributed by atoms with E-state index in [1.165, 1.54) is 6.26 Å². The molecule has 2 aromatic carbocycles. The number of phenolic OH excluding ortho intramolecular Hbond substituents is 1. The molecule has 3 rings (SSSR count). The number of aromatic hydroxyl groups is 1. The molecule has 0 saturated heterocycles. The van der Waals surface area contributed by atoms with E-state index >= 15 is 0 Å². The summed E-state index contributed by atoms with van der Waals surface area (Å²) in [5, 5.41) is 10.3. The molecule has 0 aromatic heterocycles. The Hall–Kier alpha value is -2.16. The van der Waals surface area contributed by atoms with Crippen LogP contribution in [-0.2, 0) is 25.5 Å². The molecule has 1 N–H and O–H groups in total. The van der Waals surface area contributed by atoms with Gasteiger partial charge >= 0.3 is 0 Å². The predicted molar refractivity (Wildman–Crippen MR) is 151 cm³/mol. The van der Waals surface area contributed by atoms with E-state index in [0.717, 1.165) is 30.4 Å². The zero-order chi connectivity index (χ0) is 27.6. The number of benzene rings is 2. The summed E-state index contributed by atoms with van der Waals surface area (Å²) in [4.78, 5) is 15.2. The zero-order valence-corrected chi connectivity index (χ0v) is 25.1. The highest BCUT2D eigenvalue weighted by atomic mass is 32.2. The molecule has 1 saturated carbocycles. The van der Waals surface area contributed by atoms with Gasteiger partial charge in [-0.1, -0.05) is 45.0 Å². The number of nitrogens with zero attached hydrogens (tertiary/aromatic N) is 1. The quantitative estimate of drug-likeness (QED) is 0.405. The maximum atomic E-state index is 13.1. The van der Waals surface area contributed by atoms with Crippen LogP contribution in [0.25, 0.3) is 0 Å². The highest BCUT2D eigenvalue weighted by Crippen LogP contribution is 2.44. The number of carbonyl (C=O) groups is 1. The van der Waals surface area contributed by atoms with Crippen LogP contribution in [0.5, 0.6) is 5.75 Å². The van der Waals surface area contributed by atoms with Crippen molar-refractivity contribution in [3.8, 4) is 5.75 Å². The number of sulfone groups is 1. The molecule has 204 valence electrons. The van der Waals surface area contributed by atoms with Gasteiger partial charge in [0.2, 0.25) is 5.91 Å². The van der Waals surface area contributed by atoms with Crippen molar-refractivity contribution in [1.82, 2.24) is 4.90 Å². The zero-order valence-electron chi connectivity index (χ0n) is 23.3. The third-order valence-electron chi connectivity index (χ3n) is 8.16. The van der Waals surface area contributed by atoms with Gasteiger partial charge in [0.05, 0.1) is 11.3 Å². The number of rotatable bonds is 9. The molecule has 8 heteroatoms. The summed E-state index contributed by atoms with van der Waals surface area (Å²) in [5.41, 5.74) is 1.82. The van der Waals surface area contributed by atoms with Crippen LogP contribution in [0.2, 0.25) is 18.1 Å². The first kappa shape index (κ1) is 29.4. The summed E-state index contributed by atoms with van der Waals surface area (Å²) >= 11 is 0. The third-order valence-corrected chi connectivity index (χ3v) is 13.8. The summed E-state index contributed by atoms with van der Waals surface area (Å²) < 4.78 is 30.2. The lowest BCUT2D eigenvalue weighted by Crippen LogP contribution is -2.43. The molecule has 0 bridgehead atoms. The Morgan fingerprint density at radius 2 is 1.78 bits per heavy atom. The molecule has 2 aromatic rings. The first-order chi connectivity index (χ1) is 17.1. The molecule has 0 heterocycles. The Morgan fingerprint density at radius 3 is 2.35 bits per heavy atom. The monoisotopic (exact) mass is 545 g/mol. The predicted octanol–water partition coefficient (Wildman–Crippen LogP) is 5.77. The normalized spacial score (nSPS) is 19.5. The van der Waals surface area contributed by atoms with Crippen LogP contribution in [0.1, 0.15) is 57.1 Å². The van der Waals surface area contributed by atoms with Gasteiger partial charge in [0.25, 0.3) is 0 Å². The summed E-state index contributed by atoms with van der Waals surface area (Å²) in [7, 11) is -3.32. The summed E-state index contributed by atoms with van der Waals surface area (Å²) in [6.07, 6.45) is 4.58. The Labute approximate surface area is 224 Å². The van der Waals surface area contributed by atoms with E-state index in [4.69, 9.17) is 4.43 Å². The van der Waals surface area contributed by atoms with E-state index in [2.05, 4.69) is 33.9 Å². The van der Waals surface area contributed by atoms with Crippen LogP contribution in [0.3, 0.4) is 0 Å². The molecule has 1 aliphatic carbocycles. The second kappa shape index (κ2) is 11.3. The Kier molecular flexibility index (Phi) is 8.97. The van der Waals surface area contributed by atoms with Gasteiger partial charge in [0.15, 0.2) is 18.2 Å². The van der Waals surface area contributed by atoms with E-state index in [1.54, 1.807) is 35.2 Å². The molecule has 1 unspecified atom stereocenters. The second-order valence-corrected chi connectivity index (χ2v) is 18.9. The van der Waals surface area contributed by atoms with Crippen molar-refractivity contribution in [2.24, 2.45) is 5.92 Å². The first-order valence-electron chi connectivity index (χ1n) is 13.1. The third kappa shape index (κ3) is 7.68. The molecule has 3 atom stereocenters. The lowest BCUT2D eigenvalue weighted by Gasteiger charge is -2.38. The molecule has 6 nitrogen and oxygen atoms in total. The van der Waals surface area contributed by atoms with Gasteiger partial charge in [-0.25, -0.2) is 8.42 Å². The van der Waals surface area contributed by atoms with Crippen molar-refractivity contribution in [2.45, 2.75) is 81.5 Å². The summed E-state index contributed by atoms with van der Waals surface area (Å²) in [6, 6.07) is 13.9. The minimum absolute atomic E-state index is 0.0238. The molecular weight excluding hydrogens is 502 g/mol. The lowest BCUT2D eigenvalue weighted by atomic mass is 9.84. The van der Waals surface area contributed by atoms with E-state index in [-0.39, 0.29) is 40.0 Å². The molecule has 37 heavy (non-hydrogen) atoms. The number of likely N-dealkylation sites (N-methyl/N-ethyl adjacent to an activating group) is 1. The van der Waals surface area contributed by atoms with Crippen molar-refractivity contribution in [2.75, 3.05) is 19.8 Å². The number of phenols is 1. The smallest absolute Gasteiger partial charge is 0.226 e. The topological polar surface area (TPSA) is 83.9 Å². The minimum Gasteiger partial charge on any atom is -0.508 e. The van der Waals surface area contributed by atoms with Crippen molar-refractivity contribution >= 4 is 24.1 Å². The second-order valence-electron chi connectivity index (χ2n) is 12.1. The molecule has 0 radical (unpaired) electrons. The van der Waals surface area contributed by atoms with Crippen molar-refractivity contribution in [1.29, 1.82) is 0 Å². The average Bonchev–Trinajstić information content (AvgIpc) is 3.23. The molecular formula is C29H43NO5SSi. The van der Waals surface area contributed by atoms with Crippen LogP contribution in [0.4, 0.5) is 0 Å². The van der Waals surface area contributed by atoms with E-state index in [0.29, 0.717) is 12.5 Å². The van der Waals surface area contributed by atoms with Crippen LogP contribution in [0, 0.1) is 5.92 Å². The number of amides is 1. The summed E-state index contributed by atoms with van der Waals surface area (Å²) in [5.74, 6) is 0.640. The standard InChI is InChI=1S/C29H43NO5SSi/c1-29(2,3)37(6,7)35-25-14-13-23(19-25)27(22-9-8-10-24(31)18-22)20-30(4)28(32)17-21-11-15-26(16-12-21)36(5,33)34/h8-12,15-16,18,23,25,27,31H,13-14,17,19-20H2,1-7H3/t23?,25-,27+/m0/s1. The van der Waals surface area contributed by atoms with Gasteiger partial charge in [-0.3, -0.25) is 4.79 Å². The fraction of sp³-hybridized carbons (Fsp3) is 0.552. The molecule has 1 aliphatic rings. The summed E-state index contributed by atoms with van der Waals surface area (Å²) in [6.45, 7) is 11.9. The number of hydrogen-bond donors (Lipinski definition) is 1. The van der Waals surface area contributed by atoms with Crippen LogP contribution in [-0.4, -0.2) is 58.6 Å². The lowest BCUT2D eigenvalue weighted by molar-refractivity contribution is -0.129. The molecule has 0 aliphatic heterocycles. The first-order valence-corrected chi connectivity index (χ1v) is 17.9. The van der Waals surface area contributed by atoms with Gasteiger partial charge in [-0.2, -0.15) is 0 Å². The van der Waals surface area contributed by atoms with Crippen molar-refractivity contribution in [3.63, 3.8) is 0 Å². The maximum Gasteiger partial charge on any atom is 0.226 e. The SMILES string of the molecule is CN(C[C@H](c1cccc(O)c1)C1CC[C@H](O[Si](C)(C)C(C)(C)C)C1)C(=O)Cc1ccc(S(C)(=O)=O)cc1. The number of hydrogen-bond acceptors (Lipinski definition) is 5. The van der Waals surface area contributed by atoms with E-state index in [9.17, 15) is 18.3 Å². The van der Waals surface area contributed by atoms with E-state index < -0.39 is 18.2 Å². The number of carbonyl (C=O) groups excluding carboxylic acids is 1. The van der Waals surface area contributed by atoms with Gasteiger partial charge in [0.1, 0.15) is 5.75 Å². The van der Waals surface area contributed by atoms with Crippen molar-refractivity contribution in [3.05, 3.63) is 59.7 Å². The fourth-order valence-electron chi connectivity index (χ4n) is 4.88. The highest BCUT2D eigenvalue weighted by Gasteiger charge is 2.42. The van der Waals surface area contributed by atoms with Crippen LogP contribution >= 0.6 is 0 Å². The average molecular weight is 546 g/mol. The van der Waals surface area contributed by atoms with Crippen LogP contribution < -0.4 is 0 Å². The van der Waals surface area contributed by atoms with Gasteiger partial charge in [-0.05, 0) is 78.7 Å².